The van der Waals surface area contributed by atoms with E-state index in [1.165, 1.54) is 19.2 Å². The Morgan fingerprint density at radius 3 is 2.69 bits per heavy atom. The molecule has 0 saturated carbocycles. The number of likely N-dealkylation sites (N-methyl/N-ethyl adjacent to an activating group) is 1. The lowest BCUT2D eigenvalue weighted by molar-refractivity contribution is -0.137. The lowest BCUT2D eigenvalue weighted by Crippen LogP contribution is -2.40. The van der Waals surface area contributed by atoms with Crippen LogP contribution in [-0.4, -0.2) is 55.2 Å². The van der Waals surface area contributed by atoms with Crippen LogP contribution in [0.5, 0.6) is 5.88 Å². The van der Waals surface area contributed by atoms with E-state index in [9.17, 15) is 18.0 Å². The zero-order chi connectivity index (χ0) is 23.3. The molecule has 0 saturated heterocycles. The number of methoxy groups -OCH3 is 1. The quantitative estimate of drug-likeness (QED) is 0.551. The van der Waals surface area contributed by atoms with Crippen LogP contribution < -0.4 is 15.0 Å². The fourth-order valence-corrected chi connectivity index (χ4v) is 3.63. The topological polar surface area (TPSA) is 70.6 Å². The molecule has 3 aromatic rings. The normalized spacial score (nSPS) is 11.5. The van der Waals surface area contributed by atoms with Crippen molar-refractivity contribution in [3.05, 3.63) is 53.5 Å². The van der Waals surface area contributed by atoms with Crippen molar-refractivity contribution in [1.82, 2.24) is 20.2 Å². The van der Waals surface area contributed by atoms with Crippen molar-refractivity contribution in [1.29, 1.82) is 0 Å². The highest BCUT2D eigenvalue weighted by molar-refractivity contribution is 7.14. The highest BCUT2D eigenvalue weighted by atomic mass is 32.1. The summed E-state index contributed by atoms with van der Waals surface area (Å²) in [5.41, 5.74) is 0.465. The molecule has 0 aliphatic rings. The SMILES string of the molecule is COc1cc(-c2csc(N(C(=O)NCCN(C)C)c3cccc(C(F)(F)F)c3)n2)ccn1. The Kier molecular flexibility index (Phi) is 7.31. The molecule has 3 rings (SSSR count). The second-order valence-electron chi connectivity index (χ2n) is 7.02. The molecule has 0 atom stereocenters. The second-order valence-corrected chi connectivity index (χ2v) is 7.86. The number of amides is 2. The minimum absolute atomic E-state index is 0.0652. The number of aromatic nitrogens is 2. The molecule has 11 heteroatoms. The van der Waals surface area contributed by atoms with Crippen molar-refractivity contribution in [2.75, 3.05) is 39.2 Å². The van der Waals surface area contributed by atoms with Gasteiger partial charge in [-0.1, -0.05) is 6.07 Å². The van der Waals surface area contributed by atoms with E-state index in [0.717, 1.165) is 28.4 Å². The smallest absolute Gasteiger partial charge is 0.416 e. The van der Waals surface area contributed by atoms with Crippen LogP contribution in [0, 0.1) is 0 Å². The molecule has 7 nitrogen and oxygen atoms in total. The molecule has 0 aliphatic heterocycles. The summed E-state index contributed by atoms with van der Waals surface area (Å²) in [4.78, 5) is 24.6. The Morgan fingerprint density at radius 2 is 2.00 bits per heavy atom. The first-order valence-electron chi connectivity index (χ1n) is 9.55. The summed E-state index contributed by atoms with van der Waals surface area (Å²) >= 11 is 1.14. The van der Waals surface area contributed by atoms with Gasteiger partial charge in [0.25, 0.3) is 0 Å². The zero-order valence-corrected chi connectivity index (χ0v) is 18.5. The van der Waals surface area contributed by atoms with Gasteiger partial charge in [-0.3, -0.25) is 0 Å². The zero-order valence-electron chi connectivity index (χ0n) is 17.7. The monoisotopic (exact) mass is 465 g/mol. The number of urea groups is 1. The fourth-order valence-electron chi connectivity index (χ4n) is 2.78. The molecule has 0 radical (unpaired) electrons. The Hall–Kier alpha value is -3.18. The molecule has 0 spiro atoms. The maximum atomic E-state index is 13.3. The summed E-state index contributed by atoms with van der Waals surface area (Å²) in [6.45, 7) is 0.892. The molecular formula is C21H22F3N5O2S. The largest absolute Gasteiger partial charge is 0.481 e. The average Bonchev–Trinajstić information content (AvgIpc) is 3.23. The van der Waals surface area contributed by atoms with E-state index in [-0.39, 0.29) is 10.8 Å². The van der Waals surface area contributed by atoms with E-state index >= 15 is 0 Å². The van der Waals surface area contributed by atoms with Crippen LogP contribution >= 0.6 is 11.3 Å². The van der Waals surface area contributed by atoms with Crippen molar-refractivity contribution in [2.45, 2.75) is 6.18 Å². The molecule has 2 heterocycles. The van der Waals surface area contributed by atoms with Gasteiger partial charge < -0.3 is 15.0 Å². The molecule has 1 N–H and O–H groups in total. The Bertz CT molecular complexity index is 1070. The molecule has 1 aromatic carbocycles. The van der Waals surface area contributed by atoms with E-state index in [1.54, 1.807) is 23.7 Å². The molecule has 2 aromatic heterocycles. The lowest BCUT2D eigenvalue weighted by atomic mass is 10.2. The number of hydrogen-bond donors (Lipinski definition) is 1. The number of nitrogens with zero attached hydrogens (tertiary/aromatic N) is 4. The van der Waals surface area contributed by atoms with Gasteiger partial charge in [0.15, 0.2) is 5.13 Å². The van der Waals surface area contributed by atoms with Crippen molar-refractivity contribution >= 4 is 28.2 Å². The van der Waals surface area contributed by atoms with Crippen LogP contribution in [0.4, 0.5) is 28.8 Å². The van der Waals surface area contributed by atoms with Gasteiger partial charge in [0, 0.05) is 36.3 Å². The number of carbonyl (C=O) groups excluding carboxylic acids is 1. The van der Waals surface area contributed by atoms with Crippen LogP contribution in [0.15, 0.2) is 48.0 Å². The first-order chi connectivity index (χ1) is 15.2. The molecule has 0 fully saturated rings. The Labute approximate surface area is 187 Å². The van der Waals surface area contributed by atoms with E-state index in [4.69, 9.17) is 4.74 Å². The van der Waals surface area contributed by atoms with Crippen LogP contribution in [-0.2, 0) is 6.18 Å². The number of ether oxygens (including phenoxy) is 1. The number of rotatable bonds is 7. The molecule has 32 heavy (non-hydrogen) atoms. The molecule has 0 aliphatic carbocycles. The highest BCUT2D eigenvalue weighted by Crippen LogP contribution is 2.36. The molecular weight excluding hydrogens is 443 g/mol. The highest BCUT2D eigenvalue weighted by Gasteiger charge is 2.32. The molecule has 0 bridgehead atoms. The minimum atomic E-state index is -4.54. The van der Waals surface area contributed by atoms with Gasteiger partial charge >= 0.3 is 12.2 Å². The van der Waals surface area contributed by atoms with E-state index < -0.39 is 17.8 Å². The predicted octanol–water partition coefficient (Wildman–Crippen LogP) is 4.64. The van der Waals surface area contributed by atoms with Gasteiger partial charge in [-0.15, -0.1) is 11.3 Å². The summed E-state index contributed by atoms with van der Waals surface area (Å²) in [6.07, 6.45) is -2.98. The van der Waals surface area contributed by atoms with Crippen LogP contribution in [0.2, 0.25) is 0 Å². The maximum Gasteiger partial charge on any atom is 0.416 e. The number of pyridine rings is 1. The number of nitrogens with one attached hydrogen (secondary N) is 1. The van der Waals surface area contributed by atoms with Gasteiger partial charge in [-0.05, 0) is 38.4 Å². The van der Waals surface area contributed by atoms with E-state index in [0.29, 0.717) is 30.2 Å². The van der Waals surface area contributed by atoms with Gasteiger partial charge in [-0.25, -0.2) is 19.7 Å². The van der Waals surface area contributed by atoms with Gasteiger partial charge in [0.1, 0.15) is 0 Å². The second kappa shape index (κ2) is 9.96. The van der Waals surface area contributed by atoms with Gasteiger partial charge in [0.05, 0.1) is 24.1 Å². The summed E-state index contributed by atoms with van der Waals surface area (Å²) < 4.78 is 44.9. The average molecular weight is 466 g/mol. The summed E-state index contributed by atoms with van der Waals surface area (Å²) in [5.74, 6) is 0.396. The first-order valence-corrected chi connectivity index (χ1v) is 10.4. The van der Waals surface area contributed by atoms with E-state index in [2.05, 4.69) is 15.3 Å². The number of thiazole rings is 1. The van der Waals surface area contributed by atoms with Crippen molar-refractivity contribution in [3.8, 4) is 17.1 Å². The lowest BCUT2D eigenvalue weighted by Gasteiger charge is -2.22. The van der Waals surface area contributed by atoms with Crippen LogP contribution in [0.3, 0.4) is 0 Å². The molecule has 170 valence electrons. The third-order valence-electron chi connectivity index (χ3n) is 4.39. The number of carbonyl (C=O) groups is 1. The molecule has 2 amide bonds. The summed E-state index contributed by atoms with van der Waals surface area (Å²) in [6, 6.07) is 7.44. The number of benzene rings is 1. The number of halogens is 3. The Balaban J connectivity index is 1.98. The van der Waals surface area contributed by atoms with Crippen LogP contribution in [0.1, 0.15) is 5.56 Å². The number of alkyl halides is 3. The maximum absolute atomic E-state index is 13.3. The van der Waals surface area contributed by atoms with Crippen molar-refractivity contribution in [2.24, 2.45) is 0 Å². The molecule has 0 unspecified atom stereocenters. The van der Waals surface area contributed by atoms with Crippen molar-refractivity contribution < 1.29 is 22.7 Å². The number of hydrogen-bond acceptors (Lipinski definition) is 6. The predicted molar refractivity (Wildman–Crippen MR) is 117 cm³/mol. The van der Waals surface area contributed by atoms with Gasteiger partial charge in [-0.2, -0.15) is 13.2 Å². The first kappa shape index (κ1) is 23.5. The standard InChI is InChI=1S/C21H22F3N5O2S/c1-28(2)10-9-26-19(30)29(16-6-4-5-15(12-16)21(22,23)24)20-27-17(13-32-20)14-7-8-25-18(11-14)31-3/h4-8,11-13H,9-10H2,1-3H3,(H,26,30). The van der Waals surface area contributed by atoms with Crippen LogP contribution in [0.25, 0.3) is 11.3 Å². The number of anilines is 2. The van der Waals surface area contributed by atoms with Gasteiger partial charge in [0.2, 0.25) is 5.88 Å². The third-order valence-corrected chi connectivity index (χ3v) is 5.22. The van der Waals surface area contributed by atoms with Crippen molar-refractivity contribution in [3.63, 3.8) is 0 Å². The minimum Gasteiger partial charge on any atom is -0.481 e. The fraction of sp³-hybridized carbons (Fsp3) is 0.286. The van der Waals surface area contributed by atoms with E-state index in [1.807, 2.05) is 19.0 Å². The summed E-state index contributed by atoms with van der Waals surface area (Å²) in [5, 5.41) is 4.69. The Morgan fingerprint density at radius 1 is 1.22 bits per heavy atom. The third kappa shape index (κ3) is 5.74. The summed E-state index contributed by atoms with van der Waals surface area (Å²) in [7, 11) is 5.20.